The second-order valence-corrected chi connectivity index (χ2v) is 7.97. The van der Waals surface area contributed by atoms with Crippen molar-refractivity contribution in [3.63, 3.8) is 0 Å². The third-order valence-electron chi connectivity index (χ3n) is 5.54. The van der Waals surface area contributed by atoms with Gasteiger partial charge in [0.05, 0.1) is 39.3 Å². The SMILES string of the molecule is O=C(NCC(=O)N1CC[NH+](Cc2ccc3c(c2)CCO3)CC1)c1ccc(Cl)cc1. The van der Waals surface area contributed by atoms with Crippen LogP contribution in [0.5, 0.6) is 5.75 Å². The van der Waals surface area contributed by atoms with E-state index in [0.717, 1.165) is 38.4 Å². The average molecular weight is 415 g/mol. The maximum absolute atomic E-state index is 12.4. The predicted octanol–water partition coefficient (Wildman–Crippen LogP) is 0.932. The van der Waals surface area contributed by atoms with Crippen molar-refractivity contribution in [1.82, 2.24) is 10.2 Å². The van der Waals surface area contributed by atoms with Crippen molar-refractivity contribution < 1.29 is 19.2 Å². The highest BCUT2D eigenvalue weighted by Crippen LogP contribution is 2.25. The Morgan fingerprint density at radius 1 is 1.10 bits per heavy atom. The Morgan fingerprint density at radius 3 is 2.62 bits per heavy atom. The van der Waals surface area contributed by atoms with Crippen molar-refractivity contribution in [3.8, 4) is 5.75 Å². The van der Waals surface area contributed by atoms with Crippen LogP contribution in [0.1, 0.15) is 21.5 Å². The molecular weight excluding hydrogens is 390 g/mol. The monoisotopic (exact) mass is 414 g/mol. The Kier molecular flexibility index (Phi) is 6.02. The lowest BCUT2D eigenvalue weighted by Crippen LogP contribution is -3.13. The number of nitrogens with one attached hydrogen (secondary N) is 2. The van der Waals surface area contributed by atoms with Gasteiger partial charge in [-0.15, -0.1) is 0 Å². The zero-order chi connectivity index (χ0) is 20.2. The highest BCUT2D eigenvalue weighted by atomic mass is 35.5. The summed E-state index contributed by atoms with van der Waals surface area (Å²) in [4.78, 5) is 27.9. The molecule has 2 aliphatic heterocycles. The summed E-state index contributed by atoms with van der Waals surface area (Å²) in [5.41, 5.74) is 3.11. The van der Waals surface area contributed by atoms with Gasteiger partial charge in [0, 0.05) is 22.6 Å². The first-order valence-electron chi connectivity index (χ1n) is 9.98. The lowest BCUT2D eigenvalue weighted by molar-refractivity contribution is -0.917. The molecule has 2 amide bonds. The Labute approximate surface area is 175 Å². The number of fused-ring (bicyclic) bond motifs is 1. The molecule has 2 heterocycles. The average Bonchev–Trinajstić information content (AvgIpc) is 3.21. The van der Waals surface area contributed by atoms with Crippen molar-refractivity contribution in [2.45, 2.75) is 13.0 Å². The molecular formula is C22H25ClN3O3+. The van der Waals surface area contributed by atoms with E-state index in [2.05, 4.69) is 23.5 Å². The summed E-state index contributed by atoms with van der Waals surface area (Å²) in [5, 5.41) is 3.27. The van der Waals surface area contributed by atoms with Gasteiger partial charge in [-0.1, -0.05) is 11.6 Å². The van der Waals surface area contributed by atoms with Gasteiger partial charge in [0.25, 0.3) is 5.91 Å². The summed E-state index contributed by atoms with van der Waals surface area (Å²) in [6, 6.07) is 13.1. The van der Waals surface area contributed by atoms with E-state index < -0.39 is 0 Å². The molecule has 0 bridgehead atoms. The van der Waals surface area contributed by atoms with Crippen LogP contribution in [0.15, 0.2) is 42.5 Å². The quantitative estimate of drug-likeness (QED) is 0.765. The molecule has 2 aromatic carbocycles. The third-order valence-corrected chi connectivity index (χ3v) is 5.79. The van der Waals surface area contributed by atoms with Gasteiger partial charge in [0.1, 0.15) is 12.3 Å². The van der Waals surface area contributed by atoms with Crippen LogP contribution in [0.2, 0.25) is 5.02 Å². The molecule has 7 heteroatoms. The summed E-state index contributed by atoms with van der Waals surface area (Å²) < 4.78 is 5.57. The van der Waals surface area contributed by atoms with Gasteiger partial charge in [0.2, 0.25) is 5.91 Å². The molecule has 2 aromatic rings. The smallest absolute Gasteiger partial charge is 0.251 e. The molecule has 0 unspecified atom stereocenters. The van der Waals surface area contributed by atoms with Crippen molar-refractivity contribution in [1.29, 1.82) is 0 Å². The minimum atomic E-state index is -0.264. The van der Waals surface area contributed by atoms with E-state index in [1.54, 1.807) is 24.3 Å². The maximum atomic E-state index is 12.4. The number of hydrogen-bond donors (Lipinski definition) is 2. The largest absolute Gasteiger partial charge is 0.493 e. The van der Waals surface area contributed by atoms with Crippen LogP contribution in [-0.4, -0.2) is 56.0 Å². The second kappa shape index (κ2) is 8.84. The van der Waals surface area contributed by atoms with Gasteiger partial charge in [-0.05, 0) is 48.0 Å². The zero-order valence-corrected chi connectivity index (χ0v) is 17.0. The van der Waals surface area contributed by atoms with Crippen LogP contribution in [0.25, 0.3) is 0 Å². The highest BCUT2D eigenvalue weighted by Gasteiger charge is 2.24. The molecule has 152 valence electrons. The number of quaternary nitrogens is 1. The molecule has 1 saturated heterocycles. The van der Waals surface area contributed by atoms with Gasteiger partial charge in [0.15, 0.2) is 0 Å². The fourth-order valence-electron chi connectivity index (χ4n) is 3.86. The minimum absolute atomic E-state index is 0.0155. The Hall–Kier alpha value is -2.57. The first-order valence-corrected chi connectivity index (χ1v) is 10.4. The first-order chi connectivity index (χ1) is 14.1. The summed E-state index contributed by atoms with van der Waals surface area (Å²) >= 11 is 5.83. The van der Waals surface area contributed by atoms with Crippen molar-refractivity contribution in [2.24, 2.45) is 0 Å². The number of amides is 2. The minimum Gasteiger partial charge on any atom is -0.493 e. The van der Waals surface area contributed by atoms with Crippen molar-refractivity contribution >= 4 is 23.4 Å². The number of benzene rings is 2. The highest BCUT2D eigenvalue weighted by molar-refractivity contribution is 6.30. The Balaban J connectivity index is 1.22. The Morgan fingerprint density at radius 2 is 1.86 bits per heavy atom. The van der Waals surface area contributed by atoms with Crippen molar-refractivity contribution in [3.05, 3.63) is 64.2 Å². The van der Waals surface area contributed by atoms with E-state index in [9.17, 15) is 9.59 Å². The summed E-state index contributed by atoms with van der Waals surface area (Å²) in [6.07, 6.45) is 0.989. The lowest BCUT2D eigenvalue weighted by Gasteiger charge is -2.32. The summed E-state index contributed by atoms with van der Waals surface area (Å²) in [6.45, 7) is 4.98. The molecule has 4 rings (SSSR count). The number of piperazine rings is 1. The van der Waals surface area contributed by atoms with Gasteiger partial charge in [-0.25, -0.2) is 0 Å². The van der Waals surface area contributed by atoms with Crippen LogP contribution in [0.4, 0.5) is 0 Å². The fraction of sp³-hybridized carbons (Fsp3) is 0.364. The molecule has 0 aliphatic carbocycles. The third kappa shape index (κ3) is 4.89. The van der Waals surface area contributed by atoms with Crippen molar-refractivity contribution in [2.75, 3.05) is 39.3 Å². The first kappa shape index (κ1) is 19.7. The topological polar surface area (TPSA) is 63.1 Å². The number of nitrogens with zero attached hydrogens (tertiary/aromatic N) is 1. The van der Waals surface area contributed by atoms with E-state index in [1.165, 1.54) is 16.0 Å². The molecule has 2 N–H and O–H groups in total. The van der Waals surface area contributed by atoms with Crippen LogP contribution >= 0.6 is 11.6 Å². The number of halogens is 1. The van der Waals surface area contributed by atoms with E-state index in [1.807, 2.05) is 4.90 Å². The molecule has 0 saturated carbocycles. The number of carbonyl (C=O) groups excluding carboxylic acids is 2. The van der Waals surface area contributed by atoms with Crippen LogP contribution < -0.4 is 15.0 Å². The van der Waals surface area contributed by atoms with Crippen LogP contribution in [0.3, 0.4) is 0 Å². The number of rotatable bonds is 5. The van der Waals surface area contributed by atoms with E-state index in [-0.39, 0.29) is 18.4 Å². The van der Waals surface area contributed by atoms with Crippen LogP contribution in [0, 0.1) is 0 Å². The normalized spacial score (nSPS) is 16.2. The number of carbonyl (C=O) groups is 2. The molecule has 6 nitrogen and oxygen atoms in total. The predicted molar refractivity (Wildman–Crippen MR) is 110 cm³/mol. The maximum Gasteiger partial charge on any atom is 0.251 e. The standard InChI is InChI=1S/C22H24ClN3O3/c23-19-4-2-17(3-5-19)22(28)24-14-21(27)26-10-8-25(9-11-26)15-16-1-6-20-18(13-16)7-12-29-20/h1-6,13H,7-12,14-15H2,(H,24,28)/p+1. The lowest BCUT2D eigenvalue weighted by atomic mass is 10.1. The molecule has 0 atom stereocenters. The summed E-state index contributed by atoms with van der Waals surface area (Å²) in [7, 11) is 0. The molecule has 29 heavy (non-hydrogen) atoms. The van der Waals surface area contributed by atoms with Crippen LogP contribution in [-0.2, 0) is 17.8 Å². The number of hydrogen-bond acceptors (Lipinski definition) is 3. The van der Waals surface area contributed by atoms with E-state index in [0.29, 0.717) is 23.7 Å². The molecule has 1 fully saturated rings. The van der Waals surface area contributed by atoms with E-state index in [4.69, 9.17) is 16.3 Å². The van der Waals surface area contributed by atoms with Gasteiger partial charge in [-0.2, -0.15) is 0 Å². The van der Waals surface area contributed by atoms with Gasteiger partial charge < -0.3 is 19.9 Å². The Bertz CT molecular complexity index is 893. The van der Waals surface area contributed by atoms with E-state index >= 15 is 0 Å². The molecule has 0 aromatic heterocycles. The number of ether oxygens (including phenoxy) is 1. The summed E-state index contributed by atoms with van der Waals surface area (Å²) in [5.74, 6) is 0.709. The van der Waals surface area contributed by atoms with Gasteiger partial charge >= 0.3 is 0 Å². The second-order valence-electron chi connectivity index (χ2n) is 7.54. The van der Waals surface area contributed by atoms with Gasteiger partial charge in [-0.3, -0.25) is 9.59 Å². The molecule has 2 aliphatic rings. The molecule has 0 radical (unpaired) electrons. The zero-order valence-electron chi connectivity index (χ0n) is 16.2. The molecule has 0 spiro atoms. The fourth-order valence-corrected chi connectivity index (χ4v) is 3.98.